The van der Waals surface area contributed by atoms with Crippen LogP contribution in [-0.4, -0.2) is 5.75 Å². The largest absolute Gasteiger partial charge is 0.154 e. The number of hydrogen-bond acceptors (Lipinski definition) is 1. The van der Waals surface area contributed by atoms with Crippen molar-refractivity contribution in [3.63, 3.8) is 0 Å². The molecule has 1 atom stereocenters. The van der Waals surface area contributed by atoms with E-state index in [1.54, 1.807) is 11.1 Å². The van der Waals surface area contributed by atoms with Crippen LogP contribution in [0, 0.1) is 0 Å². The number of benzene rings is 3. The van der Waals surface area contributed by atoms with E-state index in [1.165, 1.54) is 40.1 Å². The molecule has 0 fully saturated rings. The second-order valence-electron chi connectivity index (χ2n) is 5.50. The van der Waals surface area contributed by atoms with Gasteiger partial charge in [-0.15, -0.1) is 0 Å². The average molecular weight is 278 g/mol. The van der Waals surface area contributed by atoms with E-state index in [4.69, 9.17) is 0 Å². The van der Waals surface area contributed by atoms with Gasteiger partial charge in [-0.1, -0.05) is 55.5 Å². The summed E-state index contributed by atoms with van der Waals surface area (Å²) in [5.41, 5.74) is 3.18. The number of fused-ring (bicyclic) bond motifs is 5. The number of aryl methyl sites for hydroxylation is 1. The van der Waals surface area contributed by atoms with E-state index in [0.29, 0.717) is 5.25 Å². The first kappa shape index (κ1) is 12.3. The highest BCUT2D eigenvalue weighted by Gasteiger charge is 2.24. The van der Waals surface area contributed by atoms with E-state index >= 15 is 0 Å². The highest BCUT2D eigenvalue weighted by Crippen LogP contribution is 2.45. The summed E-state index contributed by atoms with van der Waals surface area (Å²) in [5.74, 6) is 1.20. The second-order valence-corrected chi connectivity index (χ2v) is 6.98. The van der Waals surface area contributed by atoms with Crippen molar-refractivity contribution in [2.45, 2.75) is 25.0 Å². The van der Waals surface area contributed by atoms with Crippen LogP contribution in [0.4, 0.5) is 0 Å². The van der Waals surface area contributed by atoms with Gasteiger partial charge >= 0.3 is 0 Å². The standard InChI is InChI=1S/C19H18S/c1-2-20-18-12-9-14-8-10-16-15-6-4-3-5-13(15)7-11-17(16)19(14)18/h3-8,10-11,18H,2,9,12H2,1H3. The van der Waals surface area contributed by atoms with Gasteiger partial charge in [-0.25, -0.2) is 0 Å². The van der Waals surface area contributed by atoms with Gasteiger partial charge in [0.1, 0.15) is 0 Å². The molecule has 0 heterocycles. The fourth-order valence-corrected chi connectivity index (χ4v) is 4.69. The molecule has 1 heteroatoms. The molecule has 1 unspecified atom stereocenters. The summed E-state index contributed by atoms with van der Waals surface area (Å²) in [7, 11) is 0. The van der Waals surface area contributed by atoms with Crippen LogP contribution in [0.15, 0.2) is 48.5 Å². The summed E-state index contributed by atoms with van der Waals surface area (Å²) in [6, 6.07) is 18.0. The molecule has 0 bridgehead atoms. The van der Waals surface area contributed by atoms with Gasteiger partial charge in [-0.05, 0) is 51.3 Å². The molecule has 4 rings (SSSR count). The normalized spacial score (nSPS) is 17.8. The molecule has 0 aromatic heterocycles. The van der Waals surface area contributed by atoms with Gasteiger partial charge in [0.2, 0.25) is 0 Å². The third-order valence-corrected chi connectivity index (χ3v) is 5.63. The van der Waals surface area contributed by atoms with Crippen LogP contribution in [0.1, 0.15) is 29.7 Å². The van der Waals surface area contributed by atoms with Crippen LogP contribution in [-0.2, 0) is 6.42 Å². The van der Waals surface area contributed by atoms with Gasteiger partial charge in [0.05, 0.1) is 0 Å². The monoisotopic (exact) mass is 278 g/mol. The Morgan fingerprint density at radius 2 is 1.80 bits per heavy atom. The Morgan fingerprint density at radius 1 is 0.950 bits per heavy atom. The molecular formula is C19H18S. The molecule has 1 aliphatic carbocycles. The average Bonchev–Trinajstić information content (AvgIpc) is 2.91. The van der Waals surface area contributed by atoms with Gasteiger partial charge in [0.25, 0.3) is 0 Å². The van der Waals surface area contributed by atoms with Crippen LogP contribution in [0.25, 0.3) is 21.5 Å². The zero-order valence-corrected chi connectivity index (χ0v) is 12.5. The molecule has 0 nitrogen and oxygen atoms in total. The molecule has 20 heavy (non-hydrogen) atoms. The molecule has 0 N–H and O–H groups in total. The smallest absolute Gasteiger partial charge is 0.0309 e. The summed E-state index contributed by atoms with van der Waals surface area (Å²) in [6.07, 6.45) is 2.55. The molecule has 3 aromatic rings. The number of hydrogen-bond donors (Lipinski definition) is 0. The first-order valence-electron chi connectivity index (χ1n) is 7.43. The Kier molecular flexibility index (Phi) is 2.96. The molecule has 0 saturated carbocycles. The predicted octanol–water partition coefficient (Wildman–Crippen LogP) is 5.73. The van der Waals surface area contributed by atoms with Gasteiger partial charge in [0, 0.05) is 5.25 Å². The van der Waals surface area contributed by atoms with Crippen molar-refractivity contribution in [1.82, 2.24) is 0 Å². The molecular weight excluding hydrogens is 260 g/mol. The maximum absolute atomic E-state index is 2.36. The summed E-state index contributed by atoms with van der Waals surface area (Å²) < 4.78 is 0. The van der Waals surface area contributed by atoms with E-state index in [0.717, 1.165) is 0 Å². The van der Waals surface area contributed by atoms with Crippen molar-refractivity contribution in [3.05, 3.63) is 59.7 Å². The highest BCUT2D eigenvalue weighted by molar-refractivity contribution is 7.99. The van der Waals surface area contributed by atoms with Crippen molar-refractivity contribution in [2.24, 2.45) is 0 Å². The van der Waals surface area contributed by atoms with Crippen molar-refractivity contribution in [1.29, 1.82) is 0 Å². The minimum Gasteiger partial charge on any atom is -0.154 e. The molecule has 0 spiro atoms. The second kappa shape index (κ2) is 4.82. The quantitative estimate of drug-likeness (QED) is 0.539. The van der Waals surface area contributed by atoms with Gasteiger partial charge in [0.15, 0.2) is 0 Å². The molecule has 100 valence electrons. The van der Waals surface area contributed by atoms with Gasteiger partial charge in [-0.3, -0.25) is 0 Å². The SMILES string of the molecule is CCSC1CCc2ccc3c(ccc4ccccc43)c21. The fraction of sp³-hybridized carbons (Fsp3) is 0.263. The molecule has 3 aromatic carbocycles. The van der Waals surface area contributed by atoms with E-state index in [9.17, 15) is 0 Å². The summed E-state index contributed by atoms with van der Waals surface area (Å²) in [4.78, 5) is 0. The van der Waals surface area contributed by atoms with Crippen LogP contribution < -0.4 is 0 Å². The zero-order valence-electron chi connectivity index (χ0n) is 11.7. The van der Waals surface area contributed by atoms with Crippen molar-refractivity contribution < 1.29 is 0 Å². The number of thioether (sulfide) groups is 1. The lowest BCUT2D eigenvalue weighted by Crippen LogP contribution is -1.91. The predicted molar refractivity (Wildman–Crippen MR) is 90.6 cm³/mol. The van der Waals surface area contributed by atoms with E-state index in [2.05, 4.69) is 67.2 Å². The lowest BCUT2D eigenvalue weighted by molar-refractivity contribution is 0.893. The Labute approximate surface area is 124 Å². The van der Waals surface area contributed by atoms with E-state index < -0.39 is 0 Å². The third-order valence-electron chi connectivity index (χ3n) is 4.42. The maximum Gasteiger partial charge on any atom is 0.0309 e. The Balaban J connectivity index is 2.05. The minimum atomic E-state index is 0.694. The lowest BCUT2D eigenvalue weighted by atomic mass is 9.96. The van der Waals surface area contributed by atoms with Crippen LogP contribution in [0.5, 0.6) is 0 Å². The Bertz CT molecular complexity index is 786. The minimum absolute atomic E-state index is 0.694. The molecule has 1 aliphatic rings. The number of rotatable bonds is 2. The third kappa shape index (κ3) is 1.76. The lowest BCUT2D eigenvalue weighted by Gasteiger charge is -2.14. The summed E-state index contributed by atoms with van der Waals surface area (Å²) >= 11 is 2.10. The topological polar surface area (TPSA) is 0 Å². The van der Waals surface area contributed by atoms with Crippen molar-refractivity contribution in [2.75, 3.05) is 5.75 Å². The Hall–Kier alpha value is -1.47. The highest BCUT2D eigenvalue weighted by atomic mass is 32.2. The van der Waals surface area contributed by atoms with Crippen LogP contribution in [0.2, 0.25) is 0 Å². The Morgan fingerprint density at radius 3 is 2.70 bits per heavy atom. The maximum atomic E-state index is 2.36. The van der Waals surface area contributed by atoms with Crippen molar-refractivity contribution >= 4 is 33.3 Å². The first-order valence-corrected chi connectivity index (χ1v) is 8.48. The molecule has 0 radical (unpaired) electrons. The zero-order chi connectivity index (χ0) is 13.5. The van der Waals surface area contributed by atoms with E-state index in [1.807, 2.05) is 0 Å². The summed E-state index contributed by atoms with van der Waals surface area (Å²) in [5, 5.41) is 6.33. The van der Waals surface area contributed by atoms with Gasteiger partial charge in [-0.2, -0.15) is 11.8 Å². The molecule has 0 aliphatic heterocycles. The van der Waals surface area contributed by atoms with Gasteiger partial charge < -0.3 is 0 Å². The summed E-state index contributed by atoms with van der Waals surface area (Å²) in [6.45, 7) is 2.27. The van der Waals surface area contributed by atoms with Crippen LogP contribution in [0.3, 0.4) is 0 Å². The first-order chi connectivity index (χ1) is 9.88. The fourth-order valence-electron chi connectivity index (χ4n) is 3.55. The molecule has 0 amide bonds. The molecule has 0 saturated heterocycles. The van der Waals surface area contributed by atoms with Crippen LogP contribution >= 0.6 is 11.8 Å². The van der Waals surface area contributed by atoms with E-state index in [-0.39, 0.29) is 0 Å². The van der Waals surface area contributed by atoms with Crippen molar-refractivity contribution in [3.8, 4) is 0 Å².